The molecule has 20 heavy (non-hydrogen) atoms. The number of carbonyl (C=O) groups excluding carboxylic acids is 1. The van der Waals surface area contributed by atoms with Crippen LogP contribution < -0.4 is 10.6 Å². The molecule has 1 amide bonds. The molecule has 3 nitrogen and oxygen atoms in total. The fourth-order valence-corrected chi connectivity index (χ4v) is 3.22. The van der Waals surface area contributed by atoms with Crippen molar-refractivity contribution >= 4 is 21.8 Å². The molecule has 1 saturated carbocycles. The van der Waals surface area contributed by atoms with Crippen LogP contribution in [0.25, 0.3) is 0 Å². The highest BCUT2D eigenvalue weighted by atomic mass is 79.9. The molecular weight excluding hydrogens is 337 g/mol. The summed E-state index contributed by atoms with van der Waals surface area (Å²) >= 11 is 2.86. The Hall–Kier alpha value is -1.08. The quantitative estimate of drug-likeness (QED) is 0.861. The topological polar surface area (TPSA) is 41.1 Å². The molecule has 7 heteroatoms. The third kappa shape index (κ3) is 2.44. The highest BCUT2D eigenvalue weighted by molar-refractivity contribution is 9.10. The maximum atomic E-state index is 12.8. The Morgan fingerprint density at radius 2 is 1.95 bits per heavy atom. The van der Waals surface area contributed by atoms with Gasteiger partial charge in [0.1, 0.15) is 0 Å². The summed E-state index contributed by atoms with van der Waals surface area (Å²) in [5.41, 5.74) is -0.790. The molecule has 0 aromatic heterocycles. The average Bonchev–Trinajstić information content (AvgIpc) is 2.82. The smallest absolute Gasteiger partial charge is 0.349 e. The molecule has 0 spiro atoms. The molecule has 3 rings (SSSR count). The second kappa shape index (κ2) is 4.73. The molecule has 0 radical (unpaired) electrons. The second-order valence-corrected chi connectivity index (χ2v) is 6.03. The van der Waals surface area contributed by atoms with Gasteiger partial charge in [-0.3, -0.25) is 4.79 Å². The Morgan fingerprint density at radius 1 is 1.30 bits per heavy atom. The minimum absolute atomic E-state index is 0.0402. The van der Waals surface area contributed by atoms with Gasteiger partial charge in [0.25, 0.3) is 5.91 Å². The molecule has 2 aliphatic rings. The van der Waals surface area contributed by atoms with Crippen LogP contribution in [0.2, 0.25) is 0 Å². The number of fused-ring (bicyclic) bond motifs is 1. The minimum Gasteiger partial charge on any atom is -0.349 e. The van der Waals surface area contributed by atoms with Crippen molar-refractivity contribution in [2.75, 3.05) is 13.1 Å². The zero-order chi connectivity index (χ0) is 14.5. The molecule has 1 aliphatic heterocycles. The van der Waals surface area contributed by atoms with E-state index in [-0.39, 0.29) is 16.1 Å². The number of halogens is 4. The van der Waals surface area contributed by atoms with Crippen molar-refractivity contribution < 1.29 is 18.0 Å². The molecule has 1 aromatic carbocycles. The van der Waals surface area contributed by atoms with Gasteiger partial charge in [0, 0.05) is 29.2 Å². The number of hydrogen-bond donors (Lipinski definition) is 2. The van der Waals surface area contributed by atoms with E-state index in [1.807, 2.05) is 0 Å². The van der Waals surface area contributed by atoms with Gasteiger partial charge >= 0.3 is 6.18 Å². The molecule has 1 aromatic rings. The normalized spacial score (nSPS) is 28.1. The molecule has 108 valence electrons. The van der Waals surface area contributed by atoms with E-state index < -0.39 is 17.6 Å². The van der Waals surface area contributed by atoms with Crippen molar-refractivity contribution in [3.8, 4) is 0 Å². The SMILES string of the molecule is O=C(NC1[C@H]2CNC[C@@H]12)c1ccc(Br)c(C(F)(F)F)c1. The lowest BCUT2D eigenvalue weighted by molar-refractivity contribution is -0.138. The van der Waals surface area contributed by atoms with Crippen molar-refractivity contribution in [1.82, 2.24) is 10.6 Å². The highest BCUT2D eigenvalue weighted by Gasteiger charge is 2.53. The van der Waals surface area contributed by atoms with Gasteiger partial charge in [-0.05, 0) is 30.0 Å². The summed E-state index contributed by atoms with van der Waals surface area (Å²) in [7, 11) is 0. The molecule has 2 fully saturated rings. The first-order valence-corrected chi connectivity index (χ1v) is 7.05. The van der Waals surface area contributed by atoms with E-state index >= 15 is 0 Å². The van der Waals surface area contributed by atoms with Crippen LogP contribution in [-0.2, 0) is 6.18 Å². The lowest BCUT2D eigenvalue weighted by Crippen LogP contribution is -2.32. The number of amides is 1. The maximum absolute atomic E-state index is 12.8. The van der Waals surface area contributed by atoms with Gasteiger partial charge < -0.3 is 10.6 Å². The Labute approximate surface area is 122 Å². The van der Waals surface area contributed by atoms with Crippen LogP contribution in [0, 0.1) is 11.8 Å². The molecule has 1 aliphatic carbocycles. The number of benzene rings is 1. The molecular formula is C13H12BrF3N2O. The van der Waals surface area contributed by atoms with Crippen molar-refractivity contribution in [2.45, 2.75) is 12.2 Å². The largest absolute Gasteiger partial charge is 0.417 e. The third-order valence-corrected chi connectivity index (χ3v) is 4.61. The lowest BCUT2D eigenvalue weighted by atomic mass is 10.1. The summed E-state index contributed by atoms with van der Waals surface area (Å²) in [6.45, 7) is 1.73. The Kier molecular flexibility index (Phi) is 3.29. The first-order valence-electron chi connectivity index (χ1n) is 6.26. The molecule has 2 N–H and O–H groups in total. The number of piperidine rings is 1. The van der Waals surface area contributed by atoms with Crippen LogP contribution in [0.5, 0.6) is 0 Å². The summed E-state index contributed by atoms with van der Waals surface area (Å²) in [4.78, 5) is 12.0. The Bertz CT molecular complexity index is 551. The molecule has 3 atom stereocenters. The molecule has 1 heterocycles. The van der Waals surface area contributed by atoms with E-state index in [0.29, 0.717) is 11.8 Å². The number of carbonyl (C=O) groups is 1. The first-order chi connectivity index (χ1) is 9.38. The second-order valence-electron chi connectivity index (χ2n) is 5.18. The van der Waals surface area contributed by atoms with Gasteiger partial charge in [0.05, 0.1) is 5.56 Å². The van der Waals surface area contributed by atoms with Crippen molar-refractivity contribution in [3.05, 3.63) is 33.8 Å². The van der Waals surface area contributed by atoms with E-state index in [1.54, 1.807) is 0 Å². The predicted octanol–water partition coefficient (Wildman–Crippen LogP) is 2.42. The predicted molar refractivity (Wildman–Crippen MR) is 70.2 cm³/mol. The van der Waals surface area contributed by atoms with Gasteiger partial charge in [-0.2, -0.15) is 13.2 Å². The summed E-state index contributed by atoms with van der Waals surface area (Å²) in [5, 5.41) is 6.00. The van der Waals surface area contributed by atoms with E-state index in [4.69, 9.17) is 0 Å². The summed E-state index contributed by atoms with van der Waals surface area (Å²) in [6.07, 6.45) is -4.48. The highest BCUT2D eigenvalue weighted by Crippen LogP contribution is 2.42. The van der Waals surface area contributed by atoms with Crippen LogP contribution in [0.15, 0.2) is 22.7 Å². The van der Waals surface area contributed by atoms with Gasteiger partial charge in [-0.1, -0.05) is 15.9 Å². The monoisotopic (exact) mass is 348 g/mol. The third-order valence-electron chi connectivity index (χ3n) is 3.92. The van der Waals surface area contributed by atoms with Crippen LogP contribution in [0.3, 0.4) is 0 Å². The van der Waals surface area contributed by atoms with Crippen LogP contribution >= 0.6 is 15.9 Å². The van der Waals surface area contributed by atoms with Crippen LogP contribution in [0.1, 0.15) is 15.9 Å². The number of nitrogens with one attached hydrogen (secondary N) is 2. The van der Waals surface area contributed by atoms with Gasteiger partial charge in [-0.15, -0.1) is 0 Å². The zero-order valence-corrected chi connectivity index (χ0v) is 11.9. The fourth-order valence-electron chi connectivity index (χ4n) is 2.75. The van der Waals surface area contributed by atoms with Crippen LogP contribution in [0.4, 0.5) is 13.2 Å². The molecule has 1 unspecified atom stereocenters. The van der Waals surface area contributed by atoms with E-state index in [2.05, 4.69) is 26.6 Å². The maximum Gasteiger partial charge on any atom is 0.417 e. The van der Waals surface area contributed by atoms with Crippen molar-refractivity contribution in [3.63, 3.8) is 0 Å². The fraction of sp³-hybridized carbons (Fsp3) is 0.462. The lowest BCUT2D eigenvalue weighted by Gasteiger charge is -2.12. The number of hydrogen-bond acceptors (Lipinski definition) is 2. The number of alkyl halides is 3. The van der Waals surface area contributed by atoms with Gasteiger partial charge in [0.2, 0.25) is 0 Å². The average molecular weight is 349 g/mol. The van der Waals surface area contributed by atoms with Gasteiger partial charge in [-0.25, -0.2) is 0 Å². The van der Waals surface area contributed by atoms with Gasteiger partial charge in [0.15, 0.2) is 0 Å². The van der Waals surface area contributed by atoms with E-state index in [1.165, 1.54) is 12.1 Å². The van der Waals surface area contributed by atoms with Crippen molar-refractivity contribution in [1.29, 1.82) is 0 Å². The number of rotatable bonds is 2. The first kappa shape index (κ1) is 13.9. The summed E-state index contributed by atoms with van der Waals surface area (Å²) in [6, 6.07) is 3.63. The minimum atomic E-state index is -4.48. The van der Waals surface area contributed by atoms with Crippen molar-refractivity contribution in [2.24, 2.45) is 11.8 Å². The molecule has 0 bridgehead atoms. The molecule has 1 saturated heterocycles. The standard InChI is InChI=1S/C13H12BrF3N2O/c14-10-2-1-6(3-9(10)13(15,16)17)12(20)19-11-7-4-18-5-8(7)11/h1-3,7-8,11,18H,4-5H2,(H,19,20)/t7-,8+,11?. The van der Waals surface area contributed by atoms with E-state index in [0.717, 1.165) is 19.2 Å². The zero-order valence-electron chi connectivity index (χ0n) is 10.3. The van der Waals surface area contributed by atoms with E-state index in [9.17, 15) is 18.0 Å². The van der Waals surface area contributed by atoms with Crippen LogP contribution in [-0.4, -0.2) is 25.0 Å². The summed E-state index contributed by atoms with van der Waals surface area (Å²) < 4.78 is 38.3. The Balaban J connectivity index is 1.75. The Morgan fingerprint density at radius 3 is 2.55 bits per heavy atom. The summed E-state index contributed by atoms with van der Waals surface area (Å²) in [5.74, 6) is 0.412.